The van der Waals surface area contributed by atoms with Gasteiger partial charge in [0.2, 0.25) is 11.8 Å². The molecular weight excluding hydrogens is 801 g/mol. The summed E-state index contributed by atoms with van der Waals surface area (Å²) in [7, 11) is 3.02. The quantitative estimate of drug-likeness (QED) is 0.119. The topological polar surface area (TPSA) is 121 Å². The first-order chi connectivity index (χ1) is 28.1. The molecule has 14 heteroatoms. The van der Waals surface area contributed by atoms with Crippen molar-refractivity contribution in [1.82, 2.24) is 19.8 Å². The zero-order valence-electron chi connectivity index (χ0n) is 33.9. The second-order valence-electron chi connectivity index (χ2n) is 14.2. The molecule has 2 heterocycles. The molecule has 0 spiro atoms. The second kappa shape index (κ2) is 19.4. The Balaban J connectivity index is 0.000000224. The Labute approximate surface area is 351 Å². The van der Waals surface area contributed by atoms with Gasteiger partial charge in [0, 0.05) is 45.9 Å². The molecule has 2 N–H and O–H groups in total. The molecule has 6 aromatic rings. The Morgan fingerprint density at radius 3 is 1.46 bits per heavy atom. The standard InChI is InChI=1S/C23H24ClFN2O3.C22H22ClFN2O3/c1-4-5-10-26-22(28)12-17-14(2)27(23(29)15-6-8-16(25)9-7-15)20-13-19(24)21(30-3)11-18(17)20;1-12(2)25-21(27)10-16-13(3)26(22(28)14-5-7-15(24)8-6-14)19-11-18(23)20(29-4)9-17(16)19/h6-9,11,13H,4-5,10,12H2,1-3H3,(H,26,28);5-9,11-12H,10H2,1-4H3,(H,25,27). The molecule has 0 aliphatic heterocycles. The number of unbranched alkanes of at least 4 members (excludes halogenated alkanes) is 1. The Morgan fingerprint density at radius 2 is 1.08 bits per heavy atom. The minimum atomic E-state index is -0.422. The molecule has 0 atom stereocenters. The van der Waals surface area contributed by atoms with Gasteiger partial charge in [-0.2, -0.15) is 0 Å². The van der Waals surface area contributed by atoms with Crippen molar-refractivity contribution in [3.63, 3.8) is 0 Å². The van der Waals surface area contributed by atoms with E-state index >= 15 is 0 Å². The average Bonchev–Trinajstić information content (AvgIpc) is 3.60. The van der Waals surface area contributed by atoms with E-state index in [-0.39, 0.29) is 42.5 Å². The van der Waals surface area contributed by atoms with Crippen molar-refractivity contribution in [2.75, 3.05) is 20.8 Å². The number of aromatic nitrogens is 2. The number of nitrogens with one attached hydrogen (secondary N) is 2. The smallest absolute Gasteiger partial charge is 0.262 e. The predicted molar refractivity (Wildman–Crippen MR) is 227 cm³/mol. The summed E-state index contributed by atoms with van der Waals surface area (Å²) < 4.78 is 40.3. The van der Waals surface area contributed by atoms with Gasteiger partial charge in [0.05, 0.1) is 48.1 Å². The number of fused-ring (bicyclic) bond motifs is 2. The molecule has 0 aliphatic rings. The van der Waals surface area contributed by atoms with Crippen LogP contribution in [0.5, 0.6) is 11.5 Å². The molecule has 59 heavy (non-hydrogen) atoms. The SMILES string of the molecule is CCCCNC(=O)Cc1c(C)n(C(=O)c2ccc(F)cc2)c2cc(Cl)c(OC)cc12.COc1cc2c(CC(=O)NC(C)C)c(C)n(C(=O)c3ccc(F)cc3)c2cc1Cl. The number of carbonyl (C=O) groups is 4. The first kappa shape index (κ1) is 44.4. The molecule has 2 amide bonds. The van der Waals surface area contributed by atoms with Crippen LogP contribution < -0.4 is 20.1 Å². The van der Waals surface area contributed by atoms with Gasteiger partial charge >= 0.3 is 0 Å². The zero-order chi connectivity index (χ0) is 43.1. The number of nitrogens with zero attached hydrogens (tertiary/aromatic N) is 2. The third kappa shape index (κ3) is 9.95. The fourth-order valence-corrected chi connectivity index (χ4v) is 7.32. The number of carbonyl (C=O) groups excluding carboxylic acids is 4. The fraction of sp³-hybridized carbons (Fsp3) is 0.289. The molecule has 4 aromatic carbocycles. The number of halogens is 4. The molecule has 0 saturated carbocycles. The van der Waals surface area contributed by atoms with Crippen molar-refractivity contribution in [3.05, 3.63) is 128 Å². The summed E-state index contributed by atoms with van der Waals surface area (Å²) in [6, 6.07) is 17.5. The number of rotatable bonds is 12. The number of hydrogen-bond acceptors (Lipinski definition) is 6. The molecule has 0 unspecified atom stereocenters. The van der Waals surface area contributed by atoms with Crippen LogP contribution in [0.3, 0.4) is 0 Å². The van der Waals surface area contributed by atoms with E-state index < -0.39 is 11.6 Å². The van der Waals surface area contributed by atoms with Crippen LogP contribution in [0.2, 0.25) is 10.0 Å². The number of methoxy groups -OCH3 is 2. The lowest BCUT2D eigenvalue weighted by Gasteiger charge is -2.09. The van der Waals surface area contributed by atoms with Gasteiger partial charge in [0.1, 0.15) is 23.1 Å². The van der Waals surface area contributed by atoms with Gasteiger partial charge in [-0.25, -0.2) is 8.78 Å². The van der Waals surface area contributed by atoms with E-state index in [0.717, 1.165) is 23.8 Å². The molecule has 0 aliphatic carbocycles. The summed E-state index contributed by atoms with van der Waals surface area (Å²) in [6.45, 7) is 10.00. The number of hydrogen-bond donors (Lipinski definition) is 2. The summed E-state index contributed by atoms with van der Waals surface area (Å²) >= 11 is 12.6. The lowest BCUT2D eigenvalue weighted by atomic mass is 10.1. The van der Waals surface area contributed by atoms with Gasteiger partial charge in [-0.05, 0) is 118 Å². The Kier molecular flexibility index (Phi) is 14.6. The van der Waals surface area contributed by atoms with Crippen LogP contribution in [-0.2, 0) is 22.4 Å². The first-order valence-electron chi connectivity index (χ1n) is 19.0. The molecule has 0 saturated heterocycles. The largest absolute Gasteiger partial charge is 0.495 e. The highest BCUT2D eigenvalue weighted by Crippen LogP contribution is 2.37. The third-order valence-corrected chi connectivity index (χ3v) is 10.4. The molecule has 2 aromatic heterocycles. The minimum Gasteiger partial charge on any atom is -0.495 e. The van der Waals surface area contributed by atoms with Crippen molar-refractivity contribution < 1.29 is 37.4 Å². The van der Waals surface area contributed by atoms with Gasteiger partial charge in [0.25, 0.3) is 11.8 Å². The van der Waals surface area contributed by atoms with Crippen LogP contribution in [0.25, 0.3) is 21.8 Å². The molecule has 0 radical (unpaired) electrons. The number of amides is 2. The van der Waals surface area contributed by atoms with Crippen LogP contribution in [0, 0.1) is 25.5 Å². The number of benzene rings is 4. The van der Waals surface area contributed by atoms with Crippen molar-refractivity contribution in [2.45, 2.75) is 66.3 Å². The molecule has 0 bridgehead atoms. The third-order valence-electron chi connectivity index (χ3n) is 9.78. The van der Waals surface area contributed by atoms with E-state index in [2.05, 4.69) is 17.6 Å². The van der Waals surface area contributed by atoms with Crippen molar-refractivity contribution in [1.29, 1.82) is 0 Å². The van der Waals surface area contributed by atoms with Gasteiger partial charge < -0.3 is 20.1 Å². The lowest BCUT2D eigenvalue weighted by Crippen LogP contribution is -2.31. The first-order valence-corrected chi connectivity index (χ1v) is 19.8. The van der Waals surface area contributed by atoms with E-state index in [9.17, 15) is 28.0 Å². The van der Waals surface area contributed by atoms with Crippen molar-refractivity contribution in [3.8, 4) is 11.5 Å². The van der Waals surface area contributed by atoms with Gasteiger partial charge in [-0.3, -0.25) is 28.3 Å². The monoisotopic (exact) mass is 846 g/mol. The summed E-state index contributed by atoms with van der Waals surface area (Å²) in [5.41, 5.74) is 4.50. The van der Waals surface area contributed by atoms with E-state index in [0.29, 0.717) is 72.6 Å². The highest BCUT2D eigenvalue weighted by molar-refractivity contribution is 6.33. The van der Waals surface area contributed by atoms with Crippen LogP contribution >= 0.6 is 23.2 Å². The summed E-state index contributed by atoms with van der Waals surface area (Å²) in [5.74, 6) is -0.841. The van der Waals surface area contributed by atoms with Crippen LogP contribution in [-0.4, -0.2) is 59.6 Å². The minimum absolute atomic E-state index is 0.000911. The van der Waals surface area contributed by atoms with Crippen LogP contribution in [0.4, 0.5) is 8.78 Å². The van der Waals surface area contributed by atoms with E-state index in [1.807, 2.05) is 13.8 Å². The average molecular weight is 848 g/mol. The van der Waals surface area contributed by atoms with Crippen molar-refractivity contribution in [2.24, 2.45) is 0 Å². The Bertz CT molecular complexity index is 2530. The molecule has 0 fully saturated rings. The lowest BCUT2D eigenvalue weighted by molar-refractivity contribution is -0.121. The summed E-state index contributed by atoms with van der Waals surface area (Å²) in [6.07, 6.45) is 2.12. The van der Waals surface area contributed by atoms with Crippen LogP contribution in [0.15, 0.2) is 72.8 Å². The fourth-order valence-electron chi connectivity index (χ4n) is 6.85. The number of ether oxygens (including phenoxy) is 2. The van der Waals surface area contributed by atoms with E-state index in [1.165, 1.54) is 71.9 Å². The highest BCUT2D eigenvalue weighted by Gasteiger charge is 2.25. The molecule has 6 rings (SSSR count). The molecule has 310 valence electrons. The zero-order valence-corrected chi connectivity index (χ0v) is 35.4. The maximum Gasteiger partial charge on any atom is 0.262 e. The maximum absolute atomic E-state index is 13.3. The van der Waals surface area contributed by atoms with Gasteiger partial charge in [0.15, 0.2) is 0 Å². The predicted octanol–water partition coefficient (Wildman–Crippen LogP) is 9.40. The molecular formula is C45H46Cl2F2N4O6. The summed E-state index contributed by atoms with van der Waals surface area (Å²) in [5, 5.41) is 7.91. The van der Waals surface area contributed by atoms with Gasteiger partial charge in [-0.15, -0.1) is 0 Å². The van der Waals surface area contributed by atoms with Crippen molar-refractivity contribution >= 4 is 68.6 Å². The normalized spacial score (nSPS) is 11.1. The van der Waals surface area contributed by atoms with Gasteiger partial charge in [-0.1, -0.05) is 36.5 Å². The van der Waals surface area contributed by atoms with E-state index in [4.69, 9.17) is 32.7 Å². The Hall–Kier alpha value is -5.72. The summed E-state index contributed by atoms with van der Waals surface area (Å²) in [4.78, 5) is 51.3. The maximum atomic E-state index is 13.3. The van der Waals surface area contributed by atoms with Crippen LogP contribution in [0.1, 0.15) is 76.8 Å². The second-order valence-corrected chi connectivity index (χ2v) is 15.0. The Morgan fingerprint density at radius 1 is 0.678 bits per heavy atom. The molecule has 10 nitrogen and oxygen atoms in total. The highest BCUT2D eigenvalue weighted by atomic mass is 35.5. The van der Waals surface area contributed by atoms with E-state index in [1.54, 1.807) is 38.1 Å².